The number of carbonyl (C=O) groups is 2. The van der Waals surface area contributed by atoms with Crippen molar-refractivity contribution in [3.05, 3.63) is 0 Å². The summed E-state index contributed by atoms with van der Waals surface area (Å²) < 4.78 is 0. The topological polar surface area (TPSA) is 92.4 Å². The molecule has 0 aromatic rings. The van der Waals surface area contributed by atoms with Crippen LogP contribution in [0, 0.1) is 5.92 Å². The number of rotatable bonds is 4. The van der Waals surface area contributed by atoms with Crippen molar-refractivity contribution in [2.45, 2.75) is 25.3 Å². The van der Waals surface area contributed by atoms with Gasteiger partial charge in [-0.25, -0.2) is 4.79 Å². The van der Waals surface area contributed by atoms with Crippen LogP contribution in [0.25, 0.3) is 0 Å². The molecule has 0 heterocycles. The Morgan fingerprint density at radius 1 is 1.62 bits per heavy atom. The molecule has 5 heteroatoms. The zero-order valence-electron chi connectivity index (χ0n) is 7.54. The maximum absolute atomic E-state index is 11.0. The maximum atomic E-state index is 11.0. The largest absolute Gasteiger partial charge is 0.480 e. The summed E-state index contributed by atoms with van der Waals surface area (Å²) >= 11 is 0. The number of nitrogens with two attached hydrogens (primary N) is 1. The highest BCUT2D eigenvalue weighted by atomic mass is 16.4. The minimum atomic E-state index is -1.13. The highest BCUT2D eigenvalue weighted by molar-refractivity contribution is 5.88. The van der Waals surface area contributed by atoms with Gasteiger partial charge in [-0.05, 0) is 25.7 Å². The Hall–Kier alpha value is -1.10. The van der Waals surface area contributed by atoms with E-state index >= 15 is 0 Å². The van der Waals surface area contributed by atoms with Crippen molar-refractivity contribution < 1.29 is 14.7 Å². The molecule has 4 N–H and O–H groups in total. The van der Waals surface area contributed by atoms with Crippen LogP contribution in [0.3, 0.4) is 0 Å². The van der Waals surface area contributed by atoms with Crippen LogP contribution in [0.4, 0.5) is 0 Å². The van der Waals surface area contributed by atoms with Crippen molar-refractivity contribution >= 4 is 11.9 Å². The molecule has 1 fully saturated rings. The van der Waals surface area contributed by atoms with Crippen LogP contribution in [-0.2, 0) is 9.59 Å². The maximum Gasteiger partial charge on any atom is 0.329 e. The number of amides is 1. The second-order valence-corrected chi connectivity index (χ2v) is 3.53. The van der Waals surface area contributed by atoms with E-state index in [0.29, 0.717) is 0 Å². The van der Waals surface area contributed by atoms with E-state index in [1.54, 1.807) is 0 Å². The van der Waals surface area contributed by atoms with Gasteiger partial charge in [-0.1, -0.05) is 0 Å². The van der Waals surface area contributed by atoms with E-state index in [2.05, 4.69) is 5.32 Å². The Morgan fingerprint density at radius 2 is 2.15 bits per heavy atom. The predicted molar refractivity (Wildman–Crippen MR) is 46.0 cm³/mol. The van der Waals surface area contributed by atoms with E-state index < -0.39 is 17.4 Å². The number of aliphatic carboxylic acids is 1. The molecule has 0 aromatic carbocycles. The van der Waals surface area contributed by atoms with Gasteiger partial charge in [0.1, 0.15) is 5.54 Å². The van der Waals surface area contributed by atoms with E-state index in [0.717, 1.165) is 12.8 Å². The fourth-order valence-electron chi connectivity index (χ4n) is 1.33. The summed E-state index contributed by atoms with van der Waals surface area (Å²) in [4.78, 5) is 21.9. The molecule has 1 aliphatic carbocycles. The molecule has 13 heavy (non-hydrogen) atoms. The molecule has 0 bridgehead atoms. The third kappa shape index (κ3) is 1.98. The monoisotopic (exact) mass is 186 g/mol. The van der Waals surface area contributed by atoms with E-state index in [9.17, 15) is 9.59 Å². The van der Waals surface area contributed by atoms with Crippen LogP contribution in [-0.4, -0.2) is 29.1 Å². The van der Waals surface area contributed by atoms with Gasteiger partial charge >= 0.3 is 5.97 Å². The van der Waals surface area contributed by atoms with Gasteiger partial charge in [-0.2, -0.15) is 0 Å². The molecule has 1 atom stereocenters. The van der Waals surface area contributed by atoms with Crippen LogP contribution >= 0.6 is 0 Å². The number of hydrogen-bond donors (Lipinski definition) is 3. The molecule has 1 aliphatic rings. The zero-order valence-corrected chi connectivity index (χ0v) is 7.54. The van der Waals surface area contributed by atoms with Gasteiger partial charge in [0.05, 0.1) is 6.54 Å². The van der Waals surface area contributed by atoms with Crippen LogP contribution in [0.1, 0.15) is 19.8 Å². The lowest BCUT2D eigenvalue weighted by atomic mass is 9.96. The normalized spacial score (nSPS) is 20.5. The van der Waals surface area contributed by atoms with Gasteiger partial charge in [0.25, 0.3) is 0 Å². The first kappa shape index (κ1) is 9.98. The number of carbonyl (C=O) groups excluding carboxylic acids is 1. The highest BCUT2D eigenvalue weighted by Crippen LogP contribution is 2.39. The van der Waals surface area contributed by atoms with Crippen LogP contribution in [0.15, 0.2) is 0 Å². The third-order valence-corrected chi connectivity index (χ3v) is 2.42. The molecular weight excluding hydrogens is 172 g/mol. The van der Waals surface area contributed by atoms with Crippen molar-refractivity contribution in [2.75, 3.05) is 6.54 Å². The van der Waals surface area contributed by atoms with E-state index in [1.165, 1.54) is 6.92 Å². The molecule has 1 amide bonds. The molecule has 1 unspecified atom stereocenters. The highest BCUT2D eigenvalue weighted by Gasteiger charge is 2.48. The fourth-order valence-corrected chi connectivity index (χ4v) is 1.33. The predicted octanol–water partition coefficient (Wildman–Crippen LogP) is -0.685. The van der Waals surface area contributed by atoms with Gasteiger partial charge in [-0.15, -0.1) is 0 Å². The van der Waals surface area contributed by atoms with E-state index in [1.807, 2.05) is 0 Å². The molecule has 1 rings (SSSR count). The fraction of sp³-hybridized carbons (Fsp3) is 0.750. The number of hydrogen-bond acceptors (Lipinski definition) is 3. The first-order chi connectivity index (χ1) is 6.00. The molecule has 0 aromatic heterocycles. The van der Waals surface area contributed by atoms with Crippen molar-refractivity contribution in [1.82, 2.24) is 5.32 Å². The Labute approximate surface area is 76.3 Å². The summed E-state index contributed by atoms with van der Waals surface area (Å²) in [5, 5.41) is 11.4. The third-order valence-electron chi connectivity index (χ3n) is 2.42. The van der Waals surface area contributed by atoms with Crippen LogP contribution in [0.5, 0.6) is 0 Å². The number of carboxylic acid groups (broad SMARTS) is 1. The van der Waals surface area contributed by atoms with Gasteiger partial charge in [0, 0.05) is 0 Å². The van der Waals surface area contributed by atoms with E-state index in [-0.39, 0.29) is 12.5 Å². The van der Waals surface area contributed by atoms with Gasteiger partial charge in [-0.3, -0.25) is 4.79 Å². The molecule has 1 saturated carbocycles. The molecule has 0 radical (unpaired) electrons. The molecular formula is C8H14N2O3. The minimum Gasteiger partial charge on any atom is -0.480 e. The lowest BCUT2D eigenvalue weighted by Gasteiger charge is -2.25. The lowest BCUT2D eigenvalue weighted by molar-refractivity contribution is -0.147. The second kappa shape index (κ2) is 3.33. The van der Waals surface area contributed by atoms with Gasteiger partial charge in [0.15, 0.2) is 0 Å². The Kier molecular flexibility index (Phi) is 2.56. The summed E-state index contributed by atoms with van der Waals surface area (Å²) in [6.45, 7) is 1.36. The number of nitrogens with one attached hydrogen (secondary N) is 1. The minimum absolute atomic E-state index is 0.0560. The van der Waals surface area contributed by atoms with E-state index in [4.69, 9.17) is 10.8 Å². The SMILES string of the molecule is CC(NC(=O)CN)(C(=O)O)C1CC1. The molecule has 0 saturated heterocycles. The smallest absolute Gasteiger partial charge is 0.329 e. The molecule has 0 spiro atoms. The molecule has 0 aliphatic heterocycles. The second-order valence-electron chi connectivity index (χ2n) is 3.53. The van der Waals surface area contributed by atoms with Crippen LogP contribution < -0.4 is 11.1 Å². The van der Waals surface area contributed by atoms with Crippen molar-refractivity contribution in [1.29, 1.82) is 0 Å². The summed E-state index contributed by atoms with van der Waals surface area (Å²) in [6.07, 6.45) is 1.71. The van der Waals surface area contributed by atoms with Crippen LogP contribution in [0.2, 0.25) is 0 Å². The number of carboxylic acids is 1. The van der Waals surface area contributed by atoms with Gasteiger partial charge < -0.3 is 16.2 Å². The van der Waals surface area contributed by atoms with Crippen molar-refractivity contribution in [3.63, 3.8) is 0 Å². The lowest BCUT2D eigenvalue weighted by Crippen LogP contribution is -2.55. The average molecular weight is 186 g/mol. The first-order valence-electron chi connectivity index (χ1n) is 4.25. The summed E-state index contributed by atoms with van der Waals surface area (Å²) in [6, 6.07) is 0. The first-order valence-corrected chi connectivity index (χ1v) is 4.25. The van der Waals surface area contributed by atoms with Gasteiger partial charge in [0.2, 0.25) is 5.91 Å². The Bertz CT molecular complexity index is 238. The Morgan fingerprint density at radius 3 is 2.46 bits per heavy atom. The average Bonchev–Trinajstić information content (AvgIpc) is 2.85. The molecule has 74 valence electrons. The zero-order chi connectivity index (χ0) is 10.1. The summed E-state index contributed by atoms with van der Waals surface area (Å²) in [5.41, 5.74) is 3.97. The standard InChI is InChI=1S/C8H14N2O3/c1-8(7(12)13,5-2-3-5)10-6(11)4-9/h5H,2-4,9H2,1H3,(H,10,11)(H,12,13). The summed E-state index contributed by atoms with van der Waals surface area (Å²) in [7, 11) is 0. The summed E-state index contributed by atoms with van der Waals surface area (Å²) in [5.74, 6) is -1.35. The quantitative estimate of drug-likeness (QED) is 0.542. The molecule has 5 nitrogen and oxygen atoms in total. The van der Waals surface area contributed by atoms with Crippen molar-refractivity contribution in [3.8, 4) is 0 Å². The Balaban J connectivity index is 2.67. The van der Waals surface area contributed by atoms with Crippen molar-refractivity contribution in [2.24, 2.45) is 11.7 Å².